The normalized spacial score (nSPS) is 12.6. The molecule has 2 N–H and O–H groups in total. The van der Waals surface area contributed by atoms with E-state index in [-0.39, 0.29) is 4.75 Å². The highest BCUT2D eigenvalue weighted by Crippen LogP contribution is 2.21. The van der Waals surface area contributed by atoms with Crippen LogP contribution in [0.2, 0.25) is 0 Å². The average molecular weight is 348 g/mol. The summed E-state index contributed by atoms with van der Waals surface area (Å²) >= 11 is 1.84. The number of hydrogen-bond acceptors (Lipinski definition) is 3. The van der Waals surface area contributed by atoms with Crippen molar-refractivity contribution >= 4 is 28.8 Å². The van der Waals surface area contributed by atoms with E-state index in [1.165, 1.54) is 5.52 Å². The second-order valence-electron chi connectivity index (χ2n) is 6.39. The van der Waals surface area contributed by atoms with E-state index >= 15 is 0 Å². The Morgan fingerprint density at radius 1 is 1.29 bits per heavy atom. The van der Waals surface area contributed by atoms with Gasteiger partial charge in [-0.15, -0.1) is 0 Å². The first-order valence-corrected chi connectivity index (χ1v) is 9.68. The van der Waals surface area contributed by atoms with Crippen LogP contribution in [0, 0.1) is 6.92 Å². The summed E-state index contributed by atoms with van der Waals surface area (Å²) in [7, 11) is 0. The molecule has 0 atom stereocenters. The van der Waals surface area contributed by atoms with Gasteiger partial charge in [0, 0.05) is 24.4 Å². The third-order valence-corrected chi connectivity index (χ3v) is 5.22. The molecule has 132 valence electrons. The number of thioether (sulfide) groups is 1. The fraction of sp³-hybridized carbons (Fsp3) is 0.556. The highest BCUT2D eigenvalue weighted by Gasteiger charge is 2.15. The number of nitrogens with zero attached hydrogens (tertiary/aromatic N) is 3. The Balaban J connectivity index is 1.99. The standard InChI is InChI=1S/C18H29N5S/c1-6-19-17(21-13-18(3,4)24-5)20-11-12-23-14(2)22-15-9-7-8-10-16(15)23/h7-10H,6,11-13H2,1-5H3,(H2,19,20,21). The topological polar surface area (TPSA) is 54.2 Å². The SMILES string of the molecule is CCNC(=NCC(C)(C)SC)NCCn1c(C)nc2ccccc21. The molecule has 0 unspecified atom stereocenters. The summed E-state index contributed by atoms with van der Waals surface area (Å²) in [5.74, 6) is 1.92. The van der Waals surface area contributed by atoms with Gasteiger partial charge in [-0.25, -0.2) is 4.98 Å². The summed E-state index contributed by atoms with van der Waals surface area (Å²) in [6.07, 6.45) is 2.13. The third kappa shape index (κ3) is 4.90. The first-order chi connectivity index (χ1) is 11.5. The predicted octanol–water partition coefficient (Wildman–Crippen LogP) is 3.04. The van der Waals surface area contributed by atoms with Crippen molar-refractivity contribution in [3.8, 4) is 0 Å². The Morgan fingerprint density at radius 2 is 2.04 bits per heavy atom. The van der Waals surface area contributed by atoms with E-state index in [9.17, 15) is 0 Å². The van der Waals surface area contributed by atoms with Gasteiger partial charge in [0.2, 0.25) is 0 Å². The fourth-order valence-corrected chi connectivity index (χ4v) is 2.63. The molecule has 0 aliphatic rings. The predicted molar refractivity (Wildman–Crippen MR) is 106 cm³/mol. The molecule has 24 heavy (non-hydrogen) atoms. The molecular weight excluding hydrogens is 318 g/mol. The Hall–Kier alpha value is -1.69. The number of para-hydroxylation sites is 2. The van der Waals surface area contributed by atoms with E-state index in [4.69, 9.17) is 4.99 Å². The van der Waals surface area contributed by atoms with Gasteiger partial charge in [0.05, 0.1) is 17.6 Å². The number of guanidine groups is 1. The average Bonchev–Trinajstić information content (AvgIpc) is 2.88. The molecule has 6 heteroatoms. The van der Waals surface area contributed by atoms with Crippen molar-refractivity contribution in [1.29, 1.82) is 0 Å². The number of aromatic nitrogens is 2. The number of nitrogens with one attached hydrogen (secondary N) is 2. The van der Waals surface area contributed by atoms with E-state index in [1.807, 2.05) is 17.8 Å². The van der Waals surface area contributed by atoms with Crippen LogP contribution in [0.5, 0.6) is 0 Å². The largest absolute Gasteiger partial charge is 0.357 e. The van der Waals surface area contributed by atoms with Crippen molar-refractivity contribution < 1.29 is 0 Å². The minimum atomic E-state index is 0.152. The van der Waals surface area contributed by atoms with Crippen LogP contribution < -0.4 is 10.6 Å². The molecule has 0 aliphatic heterocycles. The molecule has 0 amide bonds. The van der Waals surface area contributed by atoms with Crippen LogP contribution in [-0.2, 0) is 6.54 Å². The van der Waals surface area contributed by atoms with Gasteiger partial charge >= 0.3 is 0 Å². The molecule has 0 fully saturated rings. The zero-order valence-corrected chi connectivity index (χ0v) is 16.2. The van der Waals surface area contributed by atoms with Gasteiger partial charge in [-0.05, 0) is 46.1 Å². The molecule has 1 aromatic carbocycles. The van der Waals surface area contributed by atoms with Crippen LogP contribution >= 0.6 is 11.8 Å². The lowest BCUT2D eigenvalue weighted by molar-refractivity contribution is 0.655. The summed E-state index contributed by atoms with van der Waals surface area (Å²) in [5.41, 5.74) is 2.24. The number of hydrogen-bond donors (Lipinski definition) is 2. The van der Waals surface area contributed by atoms with E-state index < -0.39 is 0 Å². The van der Waals surface area contributed by atoms with Gasteiger partial charge in [-0.1, -0.05) is 12.1 Å². The molecule has 2 aromatic rings. The number of aliphatic imine (C=N–C) groups is 1. The van der Waals surface area contributed by atoms with Crippen molar-refractivity contribution in [2.24, 2.45) is 4.99 Å². The van der Waals surface area contributed by atoms with E-state index in [0.29, 0.717) is 0 Å². The monoisotopic (exact) mass is 347 g/mol. The maximum atomic E-state index is 4.71. The Kier molecular flexibility index (Phi) is 6.54. The summed E-state index contributed by atoms with van der Waals surface area (Å²) in [5, 5.41) is 6.74. The van der Waals surface area contributed by atoms with E-state index in [1.54, 1.807) is 0 Å². The molecule has 0 saturated heterocycles. The fourth-order valence-electron chi connectivity index (χ4n) is 2.44. The minimum absolute atomic E-state index is 0.152. The van der Waals surface area contributed by atoms with Crippen molar-refractivity contribution in [3.05, 3.63) is 30.1 Å². The molecule has 0 saturated carbocycles. The third-order valence-electron chi connectivity index (χ3n) is 3.99. The zero-order chi connectivity index (χ0) is 17.6. The molecule has 1 aromatic heterocycles. The second kappa shape index (κ2) is 8.42. The summed E-state index contributed by atoms with van der Waals surface area (Å²) in [6.45, 7) is 11.9. The van der Waals surface area contributed by atoms with Gasteiger partial charge in [-0.2, -0.15) is 11.8 Å². The molecule has 0 spiro atoms. The molecule has 5 nitrogen and oxygen atoms in total. The second-order valence-corrected chi connectivity index (χ2v) is 7.90. The molecular formula is C18H29N5S. The van der Waals surface area contributed by atoms with E-state index in [2.05, 4.69) is 72.3 Å². The molecule has 0 bridgehead atoms. The number of fused-ring (bicyclic) bond motifs is 1. The number of rotatable bonds is 7. The van der Waals surface area contributed by atoms with Gasteiger partial charge in [0.1, 0.15) is 5.82 Å². The van der Waals surface area contributed by atoms with Crippen molar-refractivity contribution in [1.82, 2.24) is 20.2 Å². The summed E-state index contributed by atoms with van der Waals surface area (Å²) in [6, 6.07) is 8.27. The summed E-state index contributed by atoms with van der Waals surface area (Å²) in [4.78, 5) is 9.32. The maximum absolute atomic E-state index is 4.71. The highest BCUT2D eigenvalue weighted by atomic mass is 32.2. The number of imidazole rings is 1. The van der Waals surface area contributed by atoms with Crippen LogP contribution in [0.15, 0.2) is 29.3 Å². The van der Waals surface area contributed by atoms with Crippen LogP contribution in [0.3, 0.4) is 0 Å². The lowest BCUT2D eigenvalue weighted by Crippen LogP contribution is -2.40. The molecule has 1 heterocycles. The van der Waals surface area contributed by atoms with Gasteiger partial charge in [0.25, 0.3) is 0 Å². The van der Waals surface area contributed by atoms with Gasteiger partial charge in [0.15, 0.2) is 5.96 Å². The Morgan fingerprint density at radius 3 is 2.75 bits per heavy atom. The summed E-state index contributed by atoms with van der Waals surface area (Å²) < 4.78 is 2.40. The highest BCUT2D eigenvalue weighted by molar-refractivity contribution is 7.99. The van der Waals surface area contributed by atoms with Gasteiger partial charge < -0.3 is 15.2 Å². The molecule has 0 radical (unpaired) electrons. The van der Waals surface area contributed by atoms with Crippen molar-refractivity contribution in [2.75, 3.05) is 25.9 Å². The molecule has 2 rings (SSSR count). The van der Waals surface area contributed by atoms with E-state index in [0.717, 1.165) is 43.5 Å². The zero-order valence-electron chi connectivity index (χ0n) is 15.4. The minimum Gasteiger partial charge on any atom is -0.357 e. The number of benzene rings is 1. The van der Waals surface area contributed by atoms with Crippen LogP contribution in [-0.4, -0.2) is 46.1 Å². The smallest absolute Gasteiger partial charge is 0.191 e. The van der Waals surface area contributed by atoms with Crippen molar-refractivity contribution in [2.45, 2.75) is 39.0 Å². The lowest BCUT2D eigenvalue weighted by Gasteiger charge is -2.20. The molecule has 0 aliphatic carbocycles. The van der Waals surface area contributed by atoms with Crippen molar-refractivity contribution in [3.63, 3.8) is 0 Å². The van der Waals surface area contributed by atoms with Crippen LogP contribution in [0.1, 0.15) is 26.6 Å². The first kappa shape index (κ1) is 18.6. The Labute approximate surface area is 149 Å². The van der Waals surface area contributed by atoms with Gasteiger partial charge in [-0.3, -0.25) is 4.99 Å². The first-order valence-electron chi connectivity index (χ1n) is 8.46. The maximum Gasteiger partial charge on any atom is 0.191 e. The number of aryl methyl sites for hydroxylation is 1. The quantitative estimate of drug-likeness (QED) is 0.597. The lowest BCUT2D eigenvalue weighted by atomic mass is 10.2. The van der Waals surface area contributed by atoms with Crippen LogP contribution in [0.4, 0.5) is 0 Å². The van der Waals surface area contributed by atoms with Crippen LogP contribution in [0.25, 0.3) is 11.0 Å². The Bertz CT molecular complexity index is 690.